The maximum Gasteiger partial charge on any atom is 0.274 e. The van der Waals surface area contributed by atoms with E-state index < -0.39 is 0 Å². The highest BCUT2D eigenvalue weighted by Crippen LogP contribution is 2.22. The molecule has 0 saturated heterocycles. The number of nitrogens with zero attached hydrogens (tertiary/aromatic N) is 3. The SMILES string of the molecule is Cc1ccc(NC(=O)c2ncc(C#N)c(C)c2C)cc1C(=N)c1cncc(Cl)c1. The Bertz CT molecular complexity index is 1180. The molecule has 2 N–H and O–H groups in total. The second-order valence-electron chi connectivity index (χ2n) is 6.63. The first-order chi connectivity index (χ1) is 13.8. The topological polar surface area (TPSA) is 103 Å². The molecule has 0 atom stereocenters. The number of hydrogen-bond acceptors (Lipinski definition) is 5. The molecule has 29 heavy (non-hydrogen) atoms. The van der Waals surface area contributed by atoms with Crippen molar-refractivity contribution in [3.63, 3.8) is 0 Å². The Morgan fingerprint density at radius 3 is 2.59 bits per heavy atom. The highest BCUT2D eigenvalue weighted by molar-refractivity contribution is 6.31. The van der Waals surface area contributed by atoms with Gasteiger partial charge in [0.15, 0.2) is 0 Å². The van der Waals surface area contributed by atoms with Gasteiger partial charge in [-0.2, -0.15) is 5.26 Å². The van der Waals surface area contributed by atoms with Crippen molar-refractivity contribution in [1.82, 2.24) is 9.97 Å². The van der Waals surface area contributed by atoms with Gasteiger partial charge in [0.1, 0.15) is 11.8 Å². The number of hydrogen-bond donors (Lipinski definition) is 2. The summed E-state index contributed by atoms with van der Waals surface area (Å²) in [6, 6.07) is 9.08. The molecule has 0 aliphatic rings. The van der Waals surface area contributed by atoms with Gasteiger partial charge in [-0.1, -0.05) is 17.7 Å². The number of rotatable bonds is 4. The highest BCUT2D eigenvalue weighted by atomic mass is 35.5. The van der Waals surface area contributed by atoms with Crippen LogP contribution in [0.4, 0.5) is 5.69 Å². The normalized spacial score (nSPS) is 10.3. The van der Waals surface area contributed by atoms with Gasteiger partial charge in [-0.05, 0) is 55.7 Å². The predicted octanol–water partition coefficient (Wildman–Crippen LogP) is 4.60. The second-order valence-corrected chi connectivity index (χ2v) is 7.07. The number of anilines is 1. The molecule has 7 heteroatoms. The summed E-state index contributed by atoms with van der Waals surface area (Å²) in [6.45, 7) is 5.44. The van der Waals surface area contributed by atoms with E-state index in [1.54, 1.807) is 38.2 Å². The standard InChI is InChI=1S/C22H18ClN5O/c1-12-4-5-18(7-19(12)20(25)15-6-17(23)11-26-9-15)28-22(29)21-14(3)13(2)16(8-24)10-27-21/h4-7,9-11,25H,1-3H3,(H,28,29). The Kier molecular flexibility index (Phi) is 5.71. The lowest BCUT2D eigenvalue weighted by Gasteiger charge is -2.13. The van der Waals surface area contributed by atoms with Gasteiger partial charge in [0.2, 0.25) is 0 Å². The van der Waals surface area contributed by atoms with Gasteiger partial charge in [-0.15, -0.1) is 0 Å². The van der Waals surface area contributed by atoms with Crippen LogP contribution < -0.4 is 5.32 Å². The molecule has 0 bridgehead atoms. The monoisotopic (exact) mass is 403 g/mol. The van der Waals surface area contributed by atoms with E-state index in [0.717, 1.165) is 11.1 Å². The lowest BCUT2D eigenvalue weighted by Crippen LogP contribution is -2.17. The summed E-state index contributed by atoms with van der Waals surface area (Å²) in [4.78, 5) is 20.9. The van der Waals surface area contributed by atoms with Gasteiger partial charge >= 0.3 is 0 Å². The van der Waals surface area contributed by atoms with Gasteiger partial charge in [0, 0.05) is 35.4 Å². The zero-order valence-electron chi connectivity index (χ0n) is 16.2. The van der Waals surface area contributed by atoms with E-state index in [0.29, 0.717) is 33.0 Å². The predicted molar refractivity (Wildman–Crippen MR) is 113 cm³/mol. The molecular weight excluding hydrogens is 386 g/mol. The Balaban J connectivity index is 1.91. The summed E-state index contributed by atoms with van der Waals surface area (Å²) in [5.41, 5.74) is 5.03. The van der Waals surface area contributed by atoms with Crippen molar-refractivity contribution in [1.29, 1.82) is 10.7 Å². The number of amides is 1. The molecule has 144 valence electrons. The van der Waals surface area contributed by atoms with Crippen LogP contribution in [0.15, 0.2) is 42.9 Å². The van der Waals surface area contributed by atoms with Crippen LogP contribution in [-0.4, -0.2) is 21.6 Å². The number of carbonyl (C=O) groups is 1. The van der Waals surface area contributed by atoms with E-state index >= 15 is 0 Å². The van der Waals surface area contributed by atoms with E-state index in [4.69, 9.17) is 22.3 Å². The second kappa shape index (κ2) is 8.21. The van der Waals surface area contributed by atoms with Crippen molar-refractivity contribution in [3.05, 3.63) is 87.0 Å². The molecule has 0 aliphatic carbocycles. The van der Waals surface area contributed by atoms with Crippen molar-refractivity contribution < 1.29 is 4.79 Å². The Morgan fingerprint density at radius 2 is 1.90 bits per heavy atom. The summed E-state index contributed by atoms with van der Waals surface area (Å²) < 4.78 is 0. The van der Waals surface area contributed by atoms with Gasteiger partial charge in [-0.25, -0.2) is 4.98 Å². The minimum atomic E-state index is -0.374. The molecule has 1 amide bonds. The number of nitrogens with one attached hydrogen (secondary N) is 2. The molecule has 6 nitrogen and oxygen atoms in total. The fourth-order valence-electron chi connectivity index (χ4n) is 2.91. The third kappa shape index (κ3) is 4.15. The van der Waals surface area contributed by atoms with Crippen molar-refractivity contribution in [2.45, 2.75) is 20.8 Å². The number of benzene rings is 1. The summed E-state index contributed by atoms with van der Waals surface area (Å²) in [5.74, 6) is -0.374. The van der Waals surface area contributed by atoms with Crippen molar-refractivity contribution in [2.75, 3.05) is 5.32 Å². The summed E-state index contributed by atoms with van der Waals surface area (Å²) in [5, 5.41) is 20.9. The molecule has 2 heterocycles. The first-order valence-electron chi connectivity index (χ1n) is 8.80. The van der Waals surface area contributed by atoms with Crippen LogP contribution in [0, 0.1) is 37.5 Å². The molecular formula is C22H18ClN5O. The van der Waals surface area contributed by atoms with Gasteiger partial charge in [0.05, 0.1) is 16.3 Å². The van der Waals surface area contributed by atoms with Crippen molar-refractivity contribution >= 4 is 28.9 Å². The van der Waals surface area contributed by atoms with E-state index in [-0.39, 0.29) is 17.3 Å². The van der Waals surface area contributed by atoms with E-state index in [9.17, 15) is 4.79 Å². The minimum Gasteiger partial charge on any atom is -0.321 e. The fourth-order valence-corrected chi connectivity index (χ4v) is 3.08. The maximum absolute atomic E-state index is 12.7. The average molecular weight is 404 g/mol. The van der Waals surface area contributed by atoms with Crippen LogP contribution in [-0.2, 0) is 0 Å². The molecule has 3 aromatic rings. The highest BCUT2D eigenvalue weighted by Gasteiger charge is 2.16. The van der Waals surface area contributed by atoms with Crippen LogP contribution in [0.25, 0.3) is 0 Å². The van der Waals surface area contributed by atoms with Crippen LogP contribution in [0.5, 0.6) is 0 Å². The van der Waals surface area contributed by atoms with Gasteiger partial charge < -0.3 is 5.32 Å². The summed E-state index contributed by atoms with van der Waals surface area (Å²) in [6.07, 6.45) is 4.49. The first kappa shape index (κ1) is 20.2. The molecule has 3 rings (SSSR count). The number of aryl methyl sites for hydroxylation is 1. The number of nitriles is 1. The Hall–Kier alpha value is -3.56. The molecule has 1 aromatic carbocycles. The van der Waals surface area contributed by atoms with Crippen molar-refractivity contribution in [2.24, 2.45) is 0 Å². The largest absolute Gasteiger partial charge is 0.321 e. The van der Waals surface area contributed by atoms with Gasteiger partial charge in [-0.3, -0.25) is 15.2 Å². The maximum atomic E-state index is 12.7. The number of carbonyl (C=O) groups excluding carboxylic acids is 1. The zero-order chi connectivity index (χ0) is 21.1. The lowest BCUT2D eigenvalue weighted by molar-refractivity contribution is 0.102. The molecule has 0 spiro atoms. The molecule has 0 fully saturated rings. The third-order valence-corrected chi connectivity index (χ3v) is 4.95. The third-order valence-electron chi connectivity index (χ3n) is 4.74. The quantitative estimate of drug-likeness (QED) is 0.621. The molecule has 0 saturated carbocycles. The molecule has 0 aliphatic heterocycles. The van der Waals surface area contributed by atoms with Crippen LogP contribution in [0.1, 0.15) is 43.9 Å². The fraction of sp³-hybridized carbons (Fsp3) is 0.136. The first-order valence-corrected chi connectivity index (χ1v) is 9.17. The van der Waals surface area contributed by atoms with Crippen molar-refractivity contribution in [3.8, 4) is 6.07 Å². The summed E-state index contributed by atoms with van der Waals surface area (Å²) >= 11 is 5.99. The molecule has 0 radical (unpaired) electrons. The summed E-state index contributed by atoms with van der Waals surface area (Å²) in [7, 11) is 0. The van der Waals surface area contributed by atoms with E-state index in [2.05, 4.69) is 21.4 Å². The van der Waals surface area contributed by atoms with Gasteiger partial charge in [0.25, 0.3) is 5.91 Å². The smallest absolute Gasteiger partial charge is 0.274 e. The van der Waals surface area contributed by atoms with Crippen LogP contribution in [0.3, 0.4) is 0 Å². The van der Waals surface area contributed by atoms with E-state index in [1.165, 1.54) is 12.4 Å². The number of aromatic nitrogens is 2. The zero-order valence-corrected chi connectivity index (χ0v) is 16.9. The number of pyridine rings is 2. The Morgan fingerprint density at radius 1 is 1.14 bits per heavy atom. The van der Waals surface area contributed by atoms with Crippen LogP contribution in [0.2, 0.25) is 5.02 Å². The Labute approximate surface area is 173 Å². The molecule has 0 unspecified atom stereocenters. The average Bonchev–Trinajstić information content (AvgIpc) is 2.70. The lowest BCUT2D eigenvalue weighted by atomic mass is 9.98. The molecule has 2 aromatic heterocycles. The van der Waals surface area contributed by atoms with E-state index in [1.807, 2.05) is 13.0 Å². The minimum absolute atomic E-state index is 0.261. The van der Waals surface area contributed by atoms with Crippen LogP contribution >= 0.6 is 11.6 Å². The number of halogens is 1.